The molecule has 0 spiro atoms. The third-order valence-electron chi connectivity index (χ3n) is 6.37. The van der Waals surface area contributed by atoms with E-state index in [9.17, 15) is 22.8 Å². The van der Waals surface area contributed by atoms with Crippen molar-refractivity contribution in [1.29, 1.82) is 0 Å². The summed E-state index contributed by atoms with van der Waals surface area (Å²) in [6.45, 7) is -0.0591. The topological polar surface area (TPSA) is 66.8 Å². The number of hydrogen-bond donors (Lipinski definition) is 1. The first kappa shape index (κ1) is 22.0. The van der Waals surface area contributed by atoms with Crippen LogP contribution in [0, 0.1) is 0 Å². The number of fused-ring (bicyclic) bond motifs is 3. The van der Waals surface area contributed by atoms with E-state index in [2.05, 4.69) is 0 Å². The van der Waals surface area contributed by atoms with Crippen molar-refractivity contribution in [3.63, 3.8) is 0 Å². The van der Waals surface area contributed by atoms with E-state index in [4.69, 9.17) is 9.84 Å². The summed E-state index contributed by atoms with van der Waals surface area (Å²) in [5.74, 6) is -1.00. The van der Waals surface area contributed by atoms with Gasteiger partial charge >= 0.3 is 18.2 Å². The van der Waals surface area contributed by atoms with Crippen molar-refractivity contribution in [2.45, 2.75) is 37.7 Å². The van der Waals surface area contributed by atoms with Crippen molar-refractivity contribution in [2.24, 2.45) is 0 Å². The molecule has 1 aliphatic heterocycles. The molecule has 2 atom stereocenters. The predicted octanol–water partition coefficient (Wildman–Crippen LogP) is 5.62. The molecule has 1 N–H and O–H groups in total. The molecule has 3 aromatic rings. The van der Waals surface area contributed by atoms with Crippen LogP contribution >= 0.6 is 0 Å². The highest BCUT2D eigenvalue weighted by Crippen LogP contribution is 2.43. The summed E-state index contributed by atoms with van der Waals surface area (Å²) < 4.78 is 46.2. The minimum atomic E-state index is -4.55. The maximum atomic E-state index is 13.5. The van der Waals surface area contributed by atoms with Crippen LogP contribution in [0.4, 0.5) is 18.0 Å². The molecule has 5 nitrogen and oxygen atoms in total. The van der Waals surface area contributed by atoms with Crippen LogP contribution in [0.15, 0.2) is 66.7 Å². The summed E-state index contributed by atoms with van der Waals surface area (Å²) in [6, 6.07) is 17.5. The van der Waals surface area contributed by atoms with Gasteiger partial charge in [-0.15, -0.1) is 0 Å². The zero-order chi connectivity index (χ0) is 24.0. The highest BCUT2D eigenvalue weighted by atomic mass is 19.4. The second-order valence-corrected chi connectivity index (χ2v) is 8.54. The molecule has 0 aromatic heterocycles. The summed E-state index contributed by atoms with van der Waals surface area (Å²) in [6.07, 6.45) is -5.20. The fraction of sp³-hybridized carbons (Fsp3) is 0.231. The number of carboxylic acid groups (broad SMARTS) is 1. The zero-order valence-electron chi connectivity index (χ0n) is 17.9. The highest BCUT2D eigenvalue weighted by Gasteiger charge is 2.47. The van der Waals surface area contributed by atoms with Crippen LogP contribution in [0.1, 0.15) is 33.9 Å². The molecule has 5 rings (SSSR count). The normalized spacial score (nSPS) is 19.0. The molecule has 2 aliphatic rings. The molecule has 3 aromatic carbocycles. The van der Waals surface area contributed by atoms with Gasteiger partial charge in [-0.2, -0.15) is 13.2 Å². The number of aliphatic carboxylic acids is 1. The molecular formula is C26H20F3NO4. The molecule has 0 bridgehead atoms. The van der Waals surface area contributed by atoms with E-state index < -0.39 is 29.9 Å². The van der Waals surface area contributed by atoms with Gasteiger partial charge < -0.3 is 9.84 Å². The first-order valence-corrected chi connectivity index (χ1v) is 10.8. The maximum absolute atomic E-state index is 13.5. The third-order valence-corrected chi connectivity index (χ3v) is 6.37. The minimum Gasteiger partial charge on any atom is -0.481 e. The van der Waals surface area contributed by atoms with Crippen LogP contribution in [-0.4, -0.2) is 28.1 Å². The van der Waals surface area contributed by atoms with Gasteiger partial charge in [0.15, 0.2) is 0 Å². The molecule has 2 unspecified atom stereocenters. The van der Waals surface area contributed by atoms with Gasteiger partial charge in [0.2, 0.25) is 0 Å². The Morgan fingerprint density at radius 1 is 1.06 bits per heavy atom. The molecule has 8 heteroatoms. The van der Waals surface area contributed by atoms with Crippen molar-refractivity contribution in [2.75, 3.05) is 0 Å². The van der Waals surface area contributed by atoms with Crippen molar-refractivity contribution < 1.29 is 32.6 Å². The Hall–Kier alpha value is -3.81. The SMILES string of the molecule is O=C(O)Cc1cccc(-c2ccc(C(F)(F)F)cc2CN2C(=O)OC3c4ccccc4CC32)c1. The largest absolute Gasteiger partial charge is 0.481 e. The van der Waals surface area contributed by atoms with Gasteiger partial charge in [-0.3, -0.25) is 9.69 Å². The van der Waals surface area contributed by atoms with Crippen molar-refractivity contribution in [3.05, 3.63) is 94.5 Å². The smallest absolute Gasteiger partial charge is 0.416 e. The van der Waals surface area contributed by atoms with Crippen LogP contribution in [0.3, 0.4) is 0 Å². The van der Waals surface area contributed by atoms with E-state index in [0.717, 1.165) is 23.3 Å². The van der Waals surface area contributed by atoms with E-state index in [1.165, 1.54) is 11.0 Å². The van der Waals surface area contributed by atoms with Crippen LogP contribution < -0.4 is 0 Å². The number of carbonyl (C=O) groups is 2. The number of alkyl halides is 3. The number of ether oxygens (including phenoxy) is 1. The molecule has 1 fully saturated rings. The van der Waals surface area contributed by atoms with E-state index in [-0.39, 0.29) is 19.0 Å². The molecular weight excluding hydrogens is 447 g/mol. The summed E-state index contributed by atoms with van der Waals surface area (Å²) in [5.41, 5.74) is 3.10. The first-order chi connectivity index (χ1) is 16.2. The Bertz CT molecular complexity index is 1290. The molecule has 34 heavy (non-hydrogen) atoms. The van der Waals surface area contributed by atoms with Gasteiger partial charge in [-0.05, 0) is 51.9 Å². The number of hydrogen-bond acceptors (Lipinski definition) is 3. The number of carbonyl (C=O) groups excluding carboxylic acids is 1. The Balaban J connectivity index is 1.53. The number of carboxylic acids is 1. The van der Waals surface area contributed by atoms with Gasteiger partial charge in [0.05, 0.1) is 24.6 Å². The molecule has 1 saturated heterocycles. The molecule has 174 valence electrons. The molecule has 0 saturated carbocycles. The number of nitrogens with zero attached hydrogens (tertiary/aromatic N) is 1. The average Bonchev–Trinajstić information content (AvgIpc) is 3.28. The van der Waals surface area contributed by atoms with E-state index in [1.54, 1.807) is 24.3 Å². The minimum absolute atomic E-state index is 0.0591. The summed E-state index contributed by atoms with van der Waals surface area (Å²) in [7, 11) is 0. The van der Waals surface area contributed by atoms with E-state index >= 15 is 0 Å². The number of benzene rings is 3. The van der Waals surface area contributed by atoms with E-state index in [1.807, 2.05) is 24.3 Å². The van der Waals surface area contributed by atoms with E-state index in [0.29, 0.717) is 28.7 Å². The van der Waals surface area contributed by atoms with Crippen LogP contribution in [0.25, 0.3) is 11.1 Å². The second-order valence-electron chi connectivity index (χ2n) is 8.54. The van der Waals surface area contributed by atoms with Crippen molar-refractivity contribution >= 4 is 12.1 Å². The maximum Gasteiger partial charge on any atom is 0.416 e. The number of rotatable bonds is 5. The molecule has 1 heterocycles. The summed E-state index contributed by atoms with van der Waals surface area (Å²) >= 11 is 0. The number of halogens is 3. The average molecular weight is 467 g/mol. The monoisotopic (exact) mass is 467 g/mol. The van der Waals surface area contributed by atoms with Gasteiger partial charge in [0, 0.05) is 0 Å². The molecule has 0 radical (unpaired) electrons. The first-order valence-electron chi connectivity index (χ1n) is 10.8. The highest BCUT2D eigenvalue weighted by molar-refractivity contribution is 5.75. The fourth-order valence-electron chi connectivity index (χ4n) is 4.84. The van der Waals surface area contributed by atoms with Gasteiger partial charge in [0.25, 0.3) is 0 Å². The lowest BCUT2D eigenvalue weighted by molar-refractivity contribution is -0.138. The lowest BCUT2D eigenvalue weighted by Crippen LogP contribution is -2.33. The Morgan fingerprint density at radius 3 is 2.62 bits per heavy atom. The fourth-order valence-corrected chi connectivity index (χ4v) is 4.84. The molecule has 1 amide bonds. The Labute approximate surface area is 193 Å². The van der Waals surface area contributed by atoms with Gasteiger partial charge in [0.1, 0.15) is 6.10 Å². The van der Waals surface area contributed by atoms with Crippen LogP contribution in [-0.2, 0) is 35.1 Å². The van der Waals surface area contributed by atoms with Crippen molar-refractivity contribution in [3.8, 4) is 11.1 Å². The summed E-state index contributed by atoms with van der Waals surface area (Å²) in [4.78, 5) is 25.3. The van der Waals surface area contributed by atoms with Crippen molar-refractivity contribution in [1.82, 2.24) is 4.90 Å². The van der Waals surface area contributed by atoms with Crippen LogP contribution in [0.5, 0.6) is 0 Å². The van der Waals surface area contributed by atoms with Crippen LogP contribution in [0.2, 0.25) is 0 Å². The standard InChI is InChI=1S/C26H20F3NO4/c27-26(28,29)19-8-9-20(16-6-3-4-15(10-16)11-23(31)32)18(12-19)14-30-22-13-17-5-1-2-7-21(17)24(22)34-25(30)33/h1-10,12,22,24H,11,13-14H2,(H,31,32). The number of amides is 1. The zero-order valence-corrected chi connectivity index (χ0v) is 17.9. The summed E-state index contributed by atoms with van der Waals surface area (Å²) in [5, 5.41) is 9.11. The Morgan fingerprint density at radius 2 is 1.85 bits per heavy atom. The molecule has 1 aliphatic carbocycles. The van der Waals surface area contributed by atoms with Gasteiger partial charge in [-0.1, -0.05) is 54.6 Å². The third kappa shape index (κ3) is 4.00. The quantitative estimate of drug-likeness (QED) is 0.529. The lowest BCUT2D eigenvalue weighted by atomic mass is 9.94. The van der Waals surface area contributed by atoms with Gasteiger partial charge in [-0.25, -0.2) is 4.79 Å². The Kier molecular flexibility index (Phi) is 5.31. The lowest BCUT2D eigenvalue weighted by Gasteiger charge is -2.23. The second kappa shape index (κ2) is 8.20. The predicted molar refractivity (Wildman–Crippen MR) is 117 cm³/mol.